The third-order valence-electron chi connectivity index (χ3n) is 2.91. The lowest BCUT2D eigenvalue weighted by Crippen LogP contribution is -2.38. The van der Waals surface area contributed by atoms with Crippen LogP contribution in [0.25, 0.3) is 0 Å². The fraction of sp³-hybridized carbons (Fsp3) is 0.923. The lowest BCUT2D eigenvalue weighted by atomic mass is 10.0. The maximum absolute atomic E-state index is 11.8. The molecule has 16 heavy (non-hydrogen) atoms. The van der Waals surface area contributed by atoms with Crippen molar-refractivity contribution in [1.82, 2.24) is 4.90 Å². The van der Waals surface area contributed by atoms with Gasteiger partial charge in [-0.1, -0.05) is 26.7 Å². The van der Waals surface area contributed by atoms with Crippen molar-refractivity contribution in [3.05, 3.63) is 0 Å². The largest absolute Gasteiger partial charge is 0.369 e. The van der Waals surface area contributed by atoms with Gasteiger partial charge in [0.2, 0.25) is 5.91 Å². The third kappa shape index (κ3) is 6.11. The highest BCUT2D eigenvalue weighted by Crippen LogP contribution is 2.10. The highest BCUT2D eigenvalue weighted by atomic mass is 16.5. The van der Waals surface area contributed by atoms with Gasteiger partial charge in [-0.05, 0) is 26.7 Å². The minimum Gasteiger partial charge on any atom is -0.369 e. The zero-order chi connectivity index (χ0) is 12.6. The molecule has 0 aliphatic rings. The number of ether oxygens (including phenoxy) is 1. The molecular weight excluding hydrogens is 202 g/mol. The van der Waals surface area contributed by atoms with E-state index in [1.165, 1.54) is 0 Å². The van der Waals surface area contributed by atoms with Gasteiger partial charge in [-0.2, -0.15) is 0 Å². The van der Waals surface area contributed by atoms with Crippen molar-refractivity contribution >= 4 is 5.91 Å². The number of amides is 1. The molecule has 0 fully saturated rings. The summed E-state index contributed by atoms with van der Waals surface area (Å²) in [5, 5.41) is 0. The molecule has 0 heterocycles. The fourth-order valence-electron chi connectivity index (χ4n) is 1.60. The first-order valence-electron chi connectivity index (χ1n) is 6.44. The van der Waals surface area contributed by atoms with Crippen LogP contribution >= 0.6 is 0 Å². The van der Waals surface area contributed by atoms with Crippen molar-refractivity contribution < 1.29 is 9.53 Å². The average molecular weight is 229 g/mol. The van der Waals surface area contributed by atoms with Crippen LogP contribution in [-0.2, 0) is 9.53 Å². The lowest BCUT2D eigenvalue weighted by molar-refractivity contribution is -0.138. The zero-order valence-electron chi connectivity index (χ0n) is 11.5. The van der Waals surface area contributed by atoms with Gasteiger partial charge in [0.1, 0.15) is 6.61 Å². The first-order valence-corrected chi connectivity index (χ1v) is 6.44. The van der Waals surface area contributed by atoms with E-state index in [9.17, 15) is 4.79 Å². The molecule has 0 bridgehead atoms. The van der Waals surface area contributed by atoms with Gasteiger partial charge in [0, 0.05) is 13.1 Å². The molecular formula is C13H27NO2. The van der Waals surface area contributed by atoms with Gasteiger partial charge < -0.3 is 9.64 Å². The maximum Gasteiger partial charge on any atom is 0.248 e. The fourth-order valence-corrected chi connectivity index (χ4v) is 1.60. The van der Waals surface area contributed by atoms with E-state index in [0.29, 0.717) is 5.92 Å². The summed E-state index contributed by atoms with van der Waals surface area (Å²) in [5.41, 5.74) is 0. The highest BCUT2D eigenvalue weighted by molar-refractivity contribution is 5.77. The van der Waals surface area contributed by atoms with Crippen LogP contribution in [0.3, 0.4) is 0 Å². The van der Waals surface area contributed by atoms with E-state index in [1.807, 2.05) is 25.7 Å². The molecule has 0 radical (unpaired) electrons. The van der Waals surface area contributed by atoms with Crippen molar-refractivity contribution in [3.63, 3.8) is 0 Å². The molecule has 0 aromatic rings. The van der Waals surface area contributed by atoms with Crippen LogP contribution in [0.1, 0.15) is 47.5 Å². The Bertz CT molecular complexity index is 188. The molecule has 0 unspecified atom stereocenters. The summed E-state index contributed by atoms with van der Waals surface area (Å²) in [4.78, 5) is 13.7. The topological polar surface area (TPSA) is 29.5 Å². The molecule has 0 aliphatic heterocycles. The van der Waals surface area contributed by atoms with E-state index in [0.717, 1.165) is 25.9 Å². The molecule has 0 saturated carbocycles. The summed E-state index contributed by atoms with van der Waals surface area (Å²) in [6.45, 7) is 12.1. The molecule has 3 nitrogen and oxygen atoms in total. The molecule has 1 amide bonds. The number of carbonyl (C=O) groups is 1. The van der Waals surface area contributed by atoms with E-state index in [1.54, 1.807) is 0 Å². The van der Waals surface area contributed by atoms with Crippen LogP contribution in [0.5, 0.6) is 0 Å². The number of rotatable bonds is 8. The van der Waals surface area contributed by atoms with Crippen LogP contribution < -0.4 is 0 Å². The lowest BCUT2D eigenvalue weighted by Gasteiger charge is -2.25. The van der Waals surface area contributed by atoms with Crippen LogP contribution in [0.4, 0.5) is 0 Å². The first kappa shape index (κ1) is 15.4. The summed E-state index contributed by atoms with van der Waals surface area (Å²) in [6.07, 6.45) is 2.38. The third-order valence-corrected chi connectivity index (χ3v) is 2.91. The van der Waals surface area contributed by atoms with Crippen molar-refractivity contribution in [3.8, 4) is 0 Å². The number of hydrogen-bond donors (Lipinski definition) is 0. The Morgan fingerprint density at radius 3 is 2.12 bits per heavy atom. The summed E-state index contributed by atoms with van der Waals surface area (Å²) < 4.78 is 5.34. The van der Waals surface area contributed by atoms with Crippen LogP contribution in [0, 0.1) is 5.92 Å². The van der Waals surface area contributed by atoms with Crippen molar-refractivity contribution in [2.24, 2.45) is 5.92 Å². The molecule has 3 heteroatoms. The summed E-state index contributed by atoms with van der Waals surface area (Å²) in [5.74, 6) is 0.728. The summed E-state index contributed by atoms with van der Waals surface area (Å²) >= 11 is 0. The van der Waals surface area contributed by atoms with Crippen LogP contribution in [0.2, 0.25) is 0 Å². The molecule has 0 aromatic carbocycles. The number of carbonyl (C=O) groups excluding carboxylic acids is 1. The molecule has 0 aromatic heterocycles. The Hall–Kier alpha value is -0.570. The second kappa shape index (κ2) is 8.57. The van der Waals surface area contributed by atoms with Crippen molar-refractivity contribution in [2.45, 2.75) is 53.6 Å². The van der Waals surface area contributed by atoms with Gasteiger partial charge in [0.25, 0.3) is 0 Å². The second-order valence-electron chi connectivity index (χ2n) is 4.47. The Balaban J connectivity index is 4.10. The van der Waals surface area contributed by atoms with Gasteiger partial charge >= 0.3 is 0 Å². The van der Waals surface area contributed by atoms with Gasteiger partial charge in [0.05, 0.1) is 6.10 Å². The van der Waals surface area contributed by atoms with Gasteiger partial charge in [-0.15, -0.1) is 0 Å². The normalized spacial score (nSPS) is 11.2. The van der Waals surface area contributed by atoms with Gasteiger partial charge in [0.15, 0.2) is 0 Å². The van der Waals surface area contributed by atoms with Crippen molar-refractivity contribution in [1.29, 1.82) is 0 Å². The number of nitrogens with zero attached hydrogens (tertiary/aromatic N) is 1. The molecule has 0 N–H and O–H groups in total. The average Bonchev–Trinajstić information content (AvgIpc) is 2.27. The monoisotopic (exact) mass is 229 g/mol. The predicted octanol–water partition coefficient (Wildman–Crippen LogP) is 2.70. The molecule has 0 saturated heterocycles. The van der Waals surface area contributed by atoms with Crippen LogP contribution in [-0.4, -0.2) is 36.6 Å². The number of likely N-dealkylation sites (N-methyl/N-ethyl adjacent to an activating group) is 1. The predicted molar refractivity (Wildman–Crippen MR) is 67.4 cm³/mol. The van der Waals surface area contributed by atoms with Crippen LogP contribution in [0.15, 0.2) is 0 Å². The highest BCUT2D eigenvalue weighted by Gasteiger charge is 2.15. The quantitative estimate of drug-likeness (QED) is 0.640. The van der Waals surface area contributed by atoms with E-state index in [4.69, 9.17) is 4.74 Å². The number of hydrogen-bond acceptors (Lipinski definition) is 2. The Labute approximate surface area is 100 Å². The summed E-state index contributed by atoms with van der Waals surface area (Å²) in [7, 11) is 0. The van der Waals surface area contributed by atoms with Gasteiger partial charge in [-0.3, -0.25) is 4.79 Å². The van der Waals surface area contributed by atoms with E-state index >= 15 is 0 Å². The van der Waals surface area contributed by atoms with E-state index < -0.39 is 0 Å². The molecule has 0 rings (SSSR count). The molecule has 96 valence electrons. The Kier molecular flexibility index (Phi) is 8.26. The summed E-state index contributed by atoms with van der Waals surface area (Å²) in [6, 6.07) is 0. The first-order chi connectivity index (χ1) is 7.54. The second-order valence-corrected chi connectivity index (χ2v) is 4.47. The van der Waals surface area contributed by atoms with Crippen molar-refractivity contribution in [2.75, 3.05) is 19.7 Å². The SMILES string of the molecule is CCC(CC)CN(CC)C(=O)COC(C)C. The maximum atomic E-state index is 11.8. The van der Waals surface area contributed by atoms with E-state index in [2.05, 4.69) is 13.8 Å². The van der Waals surface area contributed by atoms with E-state index in [-0.39, 0.29) is 18.6 Å². The molecule has 0 spiro atoms. The minimum atomic E-state index is 0.114. The minimum absolute atomic E-state index is 0.114. The molecule has 0 aliphatic carbocycles. The Morgan fingerprint density at radius 2 is 1.75 bits per heavy atom. The Morgan fingerprint density at radius 1 is 1.19 bits per heavy atom. The molecule has 0 atom stereocenters. The zero-order valence-corrected chi connectivity index (χ0v) is 11.5. The smallest absolute Gasteiger partial charge is 0.248 e. The van der Waals surface area contributed by atoms with Gasteiger partial charge in [-0.25, -0.2) is 0 Å². The standard InChI is InChI=1S/C13H27NO2/c1-6-12(7-2)9-14(8-3)13(15)10-16-11(4)5/h11-12H,6-10H2,1-5H3.